The Morgan fingerprint density at radius 3 is 2.69 bits per heavy atom. The van der Waals surface area contributed by atoms with Crippen LogP contribution in [0.25, 0.3) is 11.0 Å². The number of piperidine rings is 1. The number of Topliss-reactive ketones (excluding diaryl/α,β-unsaturated/α-hetero) is 1. The number of nitrogens with zero attached hydrogens (tertiary/aromatic N) is 3. The molecule has 186 valence electrons. The number of hydrogen-bond donors (Lipinski definition) is 1. The van der Waals surface area contributed by atoms with Crippen LogP contribution in [0.15, 0.2) is 64.5 Å². The van der Waals surface area contributed by atoms with Crippen LogP contribution in [-0.4, -0.2) is 63.4 Å². The number of rotatable bonds is 5. The van der Waals surface area contributed by atoms with Gasteiger partial charge in [0.25, 0.3) is 5.91 Å². The van der Waals surface area contributed by atoms with Gasteiger partial charge in [-0.05, 0) is 55.7 Å². The number of likely N-dealkylation sites (tertiary alicyclic amines) is 1. The Morgan fingerprint density at radius 1 is 1.22 bits per heavy atom. The Bertz CT molecular complexity index is 1360. The second-order valence-electron chi connectivity index (χ2n) is 8.70. The molecule has 36 heavy (non-hydrogen) atoms. The molecule has 0 radical (unpaired) electrons. The first-order valence-corrected chi connectivity index (χ1v) is 12.1. The van der Waals surface area contributed by atoms with Crippen LogP contribution >= 0.6 is 11.6 Å². The van der Waals surface area contributed by atoms with E-state index in [1.807, 2.05) is 0 Å². The number of benzene rings is 1. The quantitative estimate of drug-likeness (QED) is 0.497. The molecule has 10 heteroatoms. The molecule has 2 aliphatic heterocycles. The van der Waals surface area contributed by atoms with Crippen molar-refractivity contribution in [2.75, 3.05) is 19.7 Å². The van der Waals surface area contributed by atoms with Crippen molar-refractivity contribution >= 4 is 40.4 Å². The fraction of sp³-hybridized carbons (Fsp3) is 0.308. The average Bonchev–Trinajstić information content (AvgIpc) is 3.43. The van der Waals surface area contributed by atoms with Gasteiger partial charge in [-0.15, -0.1) is 0 Å². The second-order valence-corrected chi connectivity index (χ2v) is 9.14. The van der Waals surface area contributed by atoms with Crippen LogP contribution in [0.5, 0.6) is 0 Å². The van der Waals surface area contributed by atoms with Gasteiger partial charge in [-0.3, -0.25) is 14.6 Å². The van der Waals surface area contributed by atoms with E-state index in [2.05, 4.69) is 4.98 Å². The van der Waals surface area contributed by atoms with Crippen molar-refractivity contribution in [3.05, 3.63) is 76.5 Å². The Balaban J connectivity index is 1.49. The van der Waals surface area contributed by atoms with Crippen molar-refractivity contribution in [2.24, 2.45) is 0 Å². The third-order valence-corrected chi connectivity index (χ3v) is 6.81. The van der Waals surface area contributed by atoms with E-state index >= 15 is 0 Å². The summed E-state index contributed by atoms with van der Waals surface area (Å²) in [5.41, 5.74) is 0.990. The van der Waals surface area contributed by atoms with E-state index in [4.69, 9.17) is 20.8 Å². The molecule has 2 aromatic heterocycles. The lowest BCUT2D eigenvalue weighted by Gasteiger charge is -2.39. The van der Waals surface area contributed by atoms with Gasteiger partial charge in [0.15, 0.2) is 11.5 Å². The Hall–Kier alpha value is -3.85. The molecule has 5 rings (SSSR count). The molecular formula is C26H24ClN3O6. The van der Waals surface area contributed by atoms with Crippen molar-refractivity contribution in [1.82, 2.24) is 14.8 Å². The smallest absolute Gasteiger partial charge is 0.409 e. The topological polar surface area (TPSA) is 113 Å². The third-order valence-electron chi connectivity index (χ3n) is 6.57. The fourth-order valence-corrected chi connectivity index (χ4v) is 5.08. The maximum Gasteiger partial charge on any atom is 0.409 e. The minimum atomic E-state index is -0.852. The van der Waals surface area contributed by atoms with Crippen LogP contribution in [0.1, 0.15) is 41.9 Å². The molecular weight excluding hydrogens is 486 g/mol. The van der Waals surface area contributed by atoms with Crippen LogP contribution in [0.3, 0.4) is 0 Å². The van der Waals surface area contributed by atoms with Gasteiger partial charge in [-0.25, -0.2) is 4.79 Å². The van der Waals surface area contributed by atoms with Gasteiger partial charge in [0.2, 0.25) is 5.78 Å². The summed E-state index contributed by atoms with van der Waals surface area (Å²) >= 11 is 6.07. The van der Waals surface area contributed by atoms with Gasteiger partial charge in [0.05, 0.1) is 18.2 Å². The minimum Gasteiger partial charge on any atom is -0.503 e. The molecule has 0 saturated carbocycles. The highest BCUT2D eigenvalue weighted by atomic mass is 35.5. The molecule has 9 nitrogen and oxygen atoms in total. The number of aromatic nitrogens is 1. The van der Waals surface area contributed by atoms with Gasteiger partial charge in [-0.2, -0.15) is 0 Å². The highest BCUT2D eigenvalue weighted by Crippen LogP contribution is 2.42. The fourth-order valence-electron chi connectivity index (χ4n) is 4.90. The number of aliphatic hydroxyl groups is 1. The van der Waals surface area contributed by atoms with Gasteiger partial charge >= 0.3 is 6.09 Å². The number of amides is 2. The summed E-state index contributed by atoms with van der Waals surface area (Å²) in [5.74, 6) is -1.84. The molecule has 1 atom stereocenters. The predicted octanol–water partition coefficient (Wildman–Crippen LogP) is 4.68. The van der Waals surface area contributed by atoms with E-state index < -0.39 is 29.6 Å². The number of carbonyl (C=O) groups excluding carboxylic acids is 3. The van der Waals surface area contributed by atoms with E-state index in [0.29, 0.717) is 47.5 Å². The second kappa shape index (κ2) is 9.66. The first-order chi connectivity index (χ1) is 17.4. The summed E-state index contributed by atoms with van der Waals surface area (Å²) in [7, 11) is 0. The molecule has 2 aliphatic rings. The summed E-state index contributed by atoms with van der Waals surface area (Å²) < 4.78 is 10.8. The van der Waals surface area contributed by atoms with Crippen LogP contribution < -0.4 is 0 Å². The van der Waals surface area contributed by atoms with Crippen LogP contribution in [0, 0.1) is 0 Å². The number of fused-ring (bicyclic) bond motifs is 1. The van der Waals surface area contributed by atoms with Crippen molar-refractivity contribution in [3.8, 4) is 0 Å². The van der Waals surface area contributed by atoms with Crippen LogP contribution in [-0.2, 0) is 9.53 Å². The number of hydrogen-bond acceptors (Lipinski definition) is 7. The van der Waals surface area contributed by atoms with E-state index in [1.54, 1.807) is 60.6 Å². The molecule has 1 N–H and O–H groups in total. The first kappa shape index (κ1) is 23.9. The number of aliphatic hydroxyl groups excluding tert-OH is 1. The zero-order valence-corrected chi connectivity index (χ0v) is 20.3. The van der Waals surface area contributed by atoms with Crippen LogP contribution in [0.4, 0.5) is 4.79 Å². The van der Waals surface area contributed by atoms with Gasteiger partial charge in [-0.1, -0.05) is 17.7 Å². The lowest BCUT2D eigenvalue weighted by molar-refractivity contribution is -0.132. The summed E-state index contributed by atoms with van der Waals surface area (Å²) in [6, 6.07) is 8.84. The summed E-state index contributed by atoms with van der Waals surface area (Å²) in [6.07, 6.45) is 3.71. The van der Waals surface area contributed by atoms with Crippen molar-refractivity contribution in [2.45, 2.75) is 31.8 Å². The van der Waals surface area contributed by atoms with E-state index in [-0.39, 0.29) is 24.0 Å². The summed E-state index contributed by atoms with van der Waals surface area (Å²) in [6.45, 7) is 2.81. The van der Waals surface area contributed by atoms with Crippen molar-refractivity contribution in [3.63, 3.8) is 0 Å². The zero-order chi connectivity index (χ0) is 25.4. The normalized spacial score (nSPS) is 18.8. The lowest BCUT2D eigenvalue weighted by Crippen LogP contribution is -2.48. The van der Waals surface area contributed by atoms with Crippen molar-refractivity contribution in [1.29, 1.82) is 0 Å². The molecule has 1 unspecified atom stereocenters. The largest absolute Gasteiger partial charge is 0.503 e. The molecule has 0 bridgehead atoms. The Kier molecular flexibility index (Phi) is 6.40. The standard InChI is InChI=1S/C26H24ClN3O6/c1-2-35-26(34)29-10-7-18(8-11-29)30-22(15-4-3-9-28-14-15)21(24(32)25(30)33)23(31)20-13-16-12-17(27)5-6-19(16)36-20/h3-6,9,12-14,18,22,32H,2,7-8,10-11H2,1H3. The van der Waals surface area contributed by atoms with E-state index in [1.165, 1.54) is 4.90 Å². The number of halogens is 1. The SMILES string of the molecule is CCOC(=O)N1CCC(N2C(=O)C(O)=C(C(=O)c3cc4cc(Cl)ccc4o3)C2c2cccnc2)CC1. The molecule has 0 spiro atoms. The number of ether oxygens (including phenoxy) is 1. The molecule has 4 heterocycles. The molecule has 2 amide bonds. The van der Waals surface area contributed by atoms with Gasteiger partial charge < -0.3 is 24.1 Å². The number of furan rings is 1. The number of ketones is 1. The van der Waals surface area contributed by atoms with E-state index in [0.717, 1.165) is 0 Å². The average molecular weight is 510 g/mol. The first-order valence-electron chi connectivity index (χ1n) is 11.7. The maximum absolute atomic E-state index is 13.7. The molecule has 3 aromatic rings. The molecule has 1 fully saturated rings. The Labute approximate surface area is 211 Å². The summed E-state index contributed by atoms with van der Waals surface area (Å²) in [4.78, 5) is 46.4. The third kappa shape index (κ3) is 4.19. The minimum absolute atomic E-state index is 0.00510. The number of carbonyl (C=O) groups is 3. The molecule has 1 saturated heterocycles. The zero-order valence-electron chi connectivity index (χ0n) is 19.5. The number of pyridine rings is 1. The van der Waals surface area contributed by atoms with Gasteiger partial charge in [0, 0.05) is 41.9 Å². The maximum atomic E-state index is 13.7. The van der Waals surface area contributed by atoms with Gasteiger partial charge in [0.1, 0.15) is 5.58 Å². The molecule has 1 aromatic carbocycles. The Morgan fingerprint density at radius 2 is 2.00 bits per heavy atom. The lowest BCUT2D eigenvalue weighted by atomic mass is 9.93. The monoisotopic (exact) mass is 509 g/mol. The highest BCUT2D eigenvalue weighted by Gasteiger charge is 2.48. The van der Waals surface area contributed by atoms with E-state index in [9.17, 15) is 19.5 Å². The van der Waals surface area contributed by atoms with Crippen molar-refractivity contribution < 1.29 is 28.6 Å². The highest BCUT2D eigenvalue weighted by molar-refractivity contribution is 6.31. The predicted molar refractivity (Wildman–Crippen MR) is 131 cm³/mol. The summed E-state index contributed by atoms with van der Waals surface area (Å²) in [5, 5.41) is 12.1. The molecule has 0 aliphatic carbocycles. The van der Waals surface area contributed by atoms with Crippen LogP contribution in [0.2, 0.25) is 5.02 Å².